The summed E-state index contributed by atoms with van der Waals surface area (Å²) in [6, 6.07) is 9.38. The number of halogens is 1. The summed E-state index contributed by atoms with van der Waals surface area (Å²) in [5.74, 6) is 0.725. The average molecular weight is 450 g/mol. The zero-order valence-corrected chi connectivity index (χ0v) is 18.0. The summed E-state index contributed by atoms with van der Waals surface area (Å²) in [5, 5.41) is 0.443. The Hall–Kier alpha value is -3.88. The van der Waals surface area contributed by atoms with Crippen molar-refractivity contribution in [3.63, 3.8) is 0 Å². The van der Waals surface area contributed by atoms with E-state index in [1.807, 2.05) is 4.90 Å². The molecular formula is C24H23FN4O4. The fourth-order valence-electron chi connectivity index (χ4n) is 4.20. The number of hydrogen-bond donors (Lipinski definition) is 0. The molecule has 1 amide bonds. The van der Waals surface area contributed by atoms with Crippen LogP contribution in [-0.2, 0) is 6.54 Å². The molecule has 2 aliphatic heterocycles. The Morgan fingerprint density at radius 3 is 2.48 bits per heavy atom. The third-order valence-electron chi connectivity index (χ3n) is 5.86. The largest absolute Gasteiger partial charge is 0.486 e. The summed E-state index contributed by atoms with van der Waals surface area (Å²) in [5.41, 5.74) is 0.381. The second-order valence-corrected chi connectivity index (χ2v) is 7.89. The summed E-state index contributed by atoms with van der Waals surface area (Å²) >= 11 is 0. The SMILES string of the molecule is C=CCn1c(N2CCN(C(=O)c3ccccc3F)CC2)nc2cc3c(cc2c1=O)OCCO3. The number of rotatable bonds is 4. The first kappa shape index (κ1) is 21.0. The van der Waals surface area contributed by atoms with Gasteiger partial charge in [-0.25, -0.2) is 9.37 Å². The van der Waals surface area contributed by atoms with Gasteiger partial charge in [-0.05, 0) is 18.2 Å². The van der Waals surface area contributed by atoms with Crippen molar-refractivity contribution in [1.29, 1.82) is 0 Å². The maximum Gasteiger partial charge on any atom is 0.263 e. The van der Waals surface area contributed by atoms with Crippen LogP contribution in [0.3, 0.4) is 0 Å². The Labute approximate surface area is 189 Å². The number of allylic oxidation sites excluding steroid dienone is 1. The van der Waals surface area contributed by atoms with Gasteiger partial charge in [-0.2, -0.15) is 0 Å². The molecule has 0 unspecified atom stereocenters. The number of fused-ring (bicyclic) bond motifs is 2. The summed E-state index contributed by atoms with van der Waals surface area (Å²) in [7, 11) is 0. The summed E-state index contributed by atoms with van der Waals surface area (Å²) in [6.07, 6.45) is 1.65. The first-order valence-corrected chi connectivity index (χ1v) is 10.8. The first-order valence-electron chi connectivity index (χ1n) is 10.8. The van der Waals surface area contributed by atoms with Crippen LogP contribution in [0.2, 0.25) is 0 Å². The van der Waals surface area contributed by atoms with E-state index in [1.54, 1.807) is 39.8 Å². The van der Waals surface area contributed by atoms with Crippen LogP contribution in [0.15, 0.2) is 53.8 Å². The molecule has 1 saturated heterocycles. The molecular weight excluding hydrogens is 427 g/mol. The van der Waals surface area contributed by atoms with Gasteiger partial charge in [0.15, 0.2) is 11.5 Å². The van der Waals surface area contributed by atoms with Crippen LogP contribution < -0.4 is 19.9 Å². The van der Waals surface area contributed by atoms with Gasteiger partial charge in [-0.3, -0.25) is 14.2 Å². The van der Waals surface area contributed by atoms with Crippen molar-refractivity contribution in [2.75, 3.05) is 44.3 Å². The predicted octanol–water partition coefficient (Wildman–Crippen LogP) is 2.46. The Morgan fingerprint density at radius 1 is 1.09 bits per heavy atom. The third-order valence-corrected chi connectivity index (χ3v) is 5.86. The van der Waals surface area contributed by atoms with Crippen molar-refractivity contribution in [2.45, 2.75) is 6.54 Å². The Morgan fingerprint density at radius 2 is 1.79 bits per heavy atom. The Kier molecular flexibility index (Phi) is 5.45. The van der Waals surface area contributed by atoms with Gasteiger partial charge in [0, 0.05) is 38.8 Å². The van der Waals surface area contributed by atoms with Gasteiger partial charge in [0.2, 0.25) is 5.95 Å². The molecule has 0 saturated carbocycles. The van der Waals surface area contributed by atoms with E-state index in [-0.39, 0.29) is 17.0 Å². The van der Waals surface area contributed by atoms with E-state index in [4.69, 9.17) is 14.5 Å². The molecule has 0 bridgehead atoms. The van der Waals surface area contributed by atoms with Crippen molar-refractivity contribution in [1.82, 2.24) is 14.5 Å². The molecule has 1 aromatic heterocycles. The lowest BCUT2D eigenvalue weighted by atomic mass is 10.1. The van der Waals surface area contributed by atoms with Crippen LogP contribution in [-0.4, -0.2) is 59.8 Å². The van der Waals surface area contributed by atoms with E-state index >= 15 is 0 Å². The molecule has 0 N–H and O–H groups in total. The number of amides is 1. The molecule has 5 rings (SSSR count). The summed E-state index contributed by atoms with van der Waals surface area (Å²) in [6.45, 7) is 6.62. The van der Waals surface area contributed by atoms with Gasteiger partial charge in [0.05, 0.1) is 16.5 Å². The number of anilines is 1. The molecule has 33 heavy (non-hydrogen) atoms. The fourth-order valence-corrected chi connectivity index (χ4v) is 4.20. The van der Waals surface area contributed by atoms with Gasteiger partial charge in [-0.15, -0.1) is 6.58 Å². The highest BCUT2D eigenvalue weighted by atomic mass is 19.1. The van der Waals surface area contributed by atoms with Crippen molar-refractivity contribution < 1.29 is 18.7 Å². The Bertz CT molecular complexity index is 1300. The highest BCUT2D eigenvalue weighted by molar-refractivity contribution is 5.94. The summed E-state index contributed by atoms with van der Waals surface area (Å²) < 4.78 is 26.9. The lowest BCUT2D eigenvalue weighted by Crippen LogP contribution is -2.50. The number of ether oxygens (including phenoxy) is 2. The monoisotopic (exact) mass is 450 g/mol. The maximum atomic E-state index is 14.1. The number of hydrogen-bond acceptors (Lipinski definition) is 6. The number of nitrogens with zero attached hydrogens (tertiary/aromatic N) is 4. The normalized spacial score (nSPS) is 15.5. The van der Waals surface area contributed by atoms with Crippen LogP contribution in [0.1, 0.15) is 10.4 Å². The van der Waals surface area contributed by atoms with Gasteiger partial charge in [-0.1, -0.05) is 18.2 Å². The van der Waals surface area contributed by atoms with Crippen LogP contribution in [0.5, 0.6) is 11.5 Å². The molecule has 0 aliphatic carbocycles. The minimum absolute atomic E-state index is 0.0605. The molecule has 170 valence electrons. The van der Waals surface area contributed by atoms with E-state index in [0.717, 1.165) is 0 Å². The van der Waals surface area contributed by atoms with E-state index in [0.29, 0.717) is 74.3 Å². The van der Waals surface area contributed by atoms with Gasteiger partial charge in [0.25, 0.3) is 11.5 Å². The Balaban J connectivity index is 1.45. The molecule has 3 aromatic rings. The van der Waals surface area contributed by atoms with Crippen LogP contribution >= 0.6 is 0 Å². The lowest BCUT2D eigenvalue weighted by molar-refractivity contribution is 0.0741. The number of aromatic nitrogens is 2. The van der Waals surface area contributed by atoms with Gasteiger partial charge < -0.3 is 19.3 Å². The second kappa shape index (κ2) is 8.57. The average Bonchev–Trinajstić information content (AvgIpc) is 2.85. The van der Waals surface area contributed by atoms with Gasteiger partial charge >= 0.3 is 0 Å². The summed E-state index contributed by atoms with van der Waals surface area (Å²) in [4.78, 5) is 34.4. The van der Waals surface area contributed by atoms with E-state index in [1.165, 1.54) is 12.1 Å². The molecule has 0 radical (unpaired) electrons. The standard InChI is InChI=1S/C24H23FN4O4/c1-2-7-29-23(31)17-14-20-21(33-13-12-32-20)15-19(17)26-24(29)28-10-8-27(9-11-28)22(30)16-5-3-4-6-18(16)25/h2-6,14-15H,1,7-13H2. The van der Waals surface area contributed by atoms with Crippen LogP contribution in [0, 0.1) is 5.82 Å². The molecule has 0 atom stereocenters. The van der Waals surface area contributed by atoms with Crippen LogP contribution in [0.4, 0.5) is 10.3 Å². The number of carbonyl (C=O) groups excluding carboxylic acids is 1. The zero-order chi connectivity index (χ0) is 22.9. The zero-order valence-electron chi connectivity index (χ0n) is 18.0. The predicted molar refractivity (Wildman–Crippen MR) is 122 cm³/mol. The molecule has 3 heterocycles. The van der Waals surface area contributed by atoms with Crippen LogP contribution in [0.25, 0.3) is 10.9 Å². The topological polar surface area (TPSA) is 76.9 Å². The minimum atomic E-state index is -0.532. The van der Waals surface area contributed by atoms with Gasteiger partial charge in [0.1, 0.15) is 19.0 Å². The quantitative estimate of drug-likeness (QED) is 0.569. The lowest BCUT2D eigenvalue weighted by Gasteiger charge is -2.36. The third kappa shape index (κ3) is 3.79. The molecule has 8 nitrogen and oxygen atoms in total. The van der Waals surface area contributed by atoms with Crippen molar-refractivity contribution in [2.24, 2.45) is 0 Å². The molecule has 1 fully saturated rings. The number of piperazine rings is 1. The van der Waals surface area contributed by atoms with E-state index < -0.39 is 5.82 Å². The van der Waals surface area contributed by atoms with E-state index in [2.05, 4.69) is 6.58 Å². The smallest absolute Gasteiger partial charge is 0.263 e. The highest BCUT2D eigenvalue weighted by Gasteiger charge is 2.27. The molecule has 0 spiro atoms. The van der Waals surface area contributed by atoms with Crippen molar-refractivity contribution >= 4 is 22.8 Å². The number of carbonyl (C=O) groups is 1. The minimum Gasteiger partial charge on any atom is -0.486 e. The fraction of sp³-hybridized carbons (Fsp3) is 0.292. The van der Waals surface area contributed by atoms with Crippen molar-refractivity contribution in [3.05, 3.63) is 70.8 Å². The van der Waals surface area contributed by atoms with Crippen molar-refractivity contribution in [3.8, 4) is 11.5 Å². The second-order valence-electron chi connectivity index (χ2n) is 7.89. The molecule has 9 heteroatoms. The molecule has 2 aliphatic rings. The first-order chi connectivity index (χ1) is 16.1. The van der Waals surface area contributed by atoms with E-state index in [9.17, 15) is 14.0 Å². The highest BCUT2D eigenvalue weighted by Crippen LogP contribution is 2.33. The maximum absolute atomic E-state index is 14.1. The molecule has 2 aromatic carbocycles. The number of benzene rings is 2.